The van der Waals surface area contributed by atoms with Gasteiger partial charge in [-0.3, -0.25) is 4.79 Å². The molecule has 1 amide bonds. The van der Waals surface area contributed by atoms with Gasteiger partial charge in [-0.25, -0.2) is 0 Å². The molecule has 0 aliphatic heterocycles. The van der Waals surface area contributed by atoms with Crippen LogP contribution in [0.1, 0.15) is 24.2 Å². The SMILES string of the molecule is CC(C)(O)CNC(=O)c1ccc(Cl)cc1O. The van der Waals surface area contributed by atoms with E-state index in [-0.39, 0.29) is 17.9 Å². The van der Waals surface area contributed by atoms with Crippen LogP contribution in [0.15, 0.2) is 18.2 Å². The van der Waals surface area contributed by atoms with Crippen molar-refractivity contribution in [2.24, 2.45) is 0 Å². The zero-order valence-electron chi connectivity index (χ0n) is 9.12. The summed E-state index contributed by atoms with van der Waals surface area (Å²) in [5, 5.41) is 21.8. The minimum Gasteiger partial charge on any atom is -0.507 e. The highest BCUT2D eigenvalue weighted by Crippen LogP contribution is 2.21. The van der Waals surface area contributed by atoms with Crippen molar-refractivity contribution in [3.05, 3.63) is 28.8 Å². The van der Waals surface area contributed by atoms with Gasteiger partial charge in [-0.1, -0.05) is 11.6 Å². The van der Waals surface area contributed by atoms with E-state index in [0.29, 0.717) is 5.02 Å². The molecule has 5 heteroatoms. The van der Waals surface area contributed by atoms with E-state index in [4.69, 9.17) is 11.6 Å². The first kappa shape index (κ1) is 12.8. The Kier molecular flexibility index (Phi) is 3.78. The Morgan fingerprint density at radius 2 is 2.12 bits per heavy atom. The molecule has 16 heavy (non-hydrogen) atoms. The van der Waals surface area contributed by atoms with Gasteiger partial charge >= 0.3 is 0 Å². The minimum absolute atomic E-state index is 0.105. The first-order valence-electron chi connectivity index (χ1n) is 4.79. The first-order valence-corrected chi connectivity index (χ1v) is 5.16. The predicted octanol–water partition coefficient (Wildman–Crippen LogP) is 1.55. The number of halogens is 1. The molecule has 1 aromatic rings. The lowest BCUT2D eigenvalue weighted by molar-refractivity contribution is 0.0693. The summed E-state index contributed by atoms with van der Waals surface area (Å²) in [5.41, 5.74) is -0.855. The molecule has 0 aromatic heterocycles. The maximum atomic E-state index is 11.6. The fourth-order valence-corrected chi connectivity index (χ4v) is 1.25. The van der Waals surface area contributed by atoms with E-state index < -0.39 is 11.5 Å². The summed E-state index contributed by atoms with van der Waals surface area (Å²) in [6, 6.07) is 4.23. The fraction of sp³-hybridized carbons (Fsp3) is 0.364. The lowest BCUT2D eigenvalue weighted by Gasteiger charge is -2.17. The van der Waals surface area contributed by atoms with Crippen LogP contribution < -0.4 is 5.32 Å². The van der Waals surface area contributed by atoms with Crippen LogP contribution >= 0.6 is 11.6 Å². The summed E-state index contributed by atoms with van der Waals surface area (Å²) in [7, 11) is 0. The van der Waals surface area contributed by atoms with Gasteiger partial charge in [0.15, 0.2) is 0 Å². The molecule has 1 aromatic carbocycles. The van der Waals surface area contributed by atoms with Crippen molar-refractivity contribution in [3.63, 3.8) is 0 Å². The van der Waals surface area contributed by atoms with Crippen molar-refractivity contribution < 1.29 is 15.0 Å². The van der Waals surface area contributed by atoms with Crippen LogP contribution in [0.3, 0.4) is 0 Å². The molecule has 0 spiro atoms. The summed E-state index contributed by atoms with van der Waals surface area (Å²) < 4.78 is 0. The smallest absolute Gasteiger partial charge is 0.255 e. The van der Waals surface area contributed by atoms with Crippen molar-refractivity contribution >= 4 is 17.5 Å². The molecule has 0 aliphatic carbocycles. The van der Waals surface area contributed by atoms with Gasteiger partial charge in [0.05, 0.1) is 11.2 Å². The largest absolute Gasteiger partial charge is 0.507 e. The molecule has 0 radical (unpaired) electrons. The highest BCUT2D eigenvalue weighted by atomic mass is 35.5. The Balaban J connectivity index is 2.74. The molecule has 0 fully saturated rings. The molecule has 0 atom stereocenters. The van der Waals surface area contributed by atoms with Gasteiger partial charge in [0.2, 0.25) is 0 Å². The minimum atomic E-state index is -0.988. The number of benzene rings is 1. The molecule has 0 heterocycles. The maximum absolute atomic E-state index is 11.6. The van der Waals surface area contributed by atoms with Crippen LogP contribution in [0.2, 0.25) is 5.02 Å². The lowest BCUT2D eigenvalue weighted by atomic mass is 10.1. The molecule has 88 valence electrons. The molecule has 1 rings (SSSR count). The van der Waals surface area contributed by atoms with Crippen LogP contribution in [0, 0.1) is 0 Å². The number of carbonyl (C=O) groups excluding carboxylic acids is 1. The van der Waals surface area contributed by atoms with Crippen LogP contribution in [0.25, 0.3) is 0 Å². The van der Waals surface area contributed by atoms with Gasteiger partial charge < -0.3 is 15.5 Å². The second kappa shape index (κ2) is 4.72. The average molecular weight is 244 g/mol. The Hall–Kier alpha value is -1.26. The second-order valence-corrected chi connectivity index (χ2v) is 4.59. The van der Waals surface area contributed by atoms with E-state index in [1.807, 2.05) is 0 Å². The fourth-order valence-electron chi connectivity index (χ4n) is 1.09. The van der Waals surface area contributed by atoms with E-state index in [1.54, 1.807) is 13.8 Å². The van der Waals surface area contributed by atoms with Crippen molar-refractivity contribution in [2.45, 2.75) is 19.4 Å². The predicted molar refractivity (Wildman–Crippen MR) is 61.7 cm³/mol. The summed E-state index contributed by atoms with van der Waals surface area (Å²) in [4.78, 5) is 11.6. The van der Waals surface area contributed by atoms with Crippen molar-refractivity contribution in [1.82, 2.24) is 5.32 Å². The third-order valence-corrected chi connectivity index (χ3v) is 2.12. The Bertz CT molecular complexity index is 399. The molecule has 0 unspecified atom stereocenters. The number of hydrogen-bond donors (Lipinski definition) is 3. The number of phenolic OH excluding ortho intramolecular Hbond substituents is 1. The number of rotatable bonds is 3. The molecule has 0 saturated heterocycles. The van der Waals surface area contributed by atoms with E-state index in [0.717, 1.165) is 0 Å². The van der Waals surface area contributed by atoms with E-state index >= 15 is 0 Å². The van der Waals surface area contributed by atoms with Gasteiger partial charge in [-0.2, -0.15) is 0 Å². The molecule has 0 bridgehead atoms. The maximum Gasteiger partial charge on any atom is 0.255 e. The normalized spacial score (nSPS) is 11.2. The Morgan fingerprint density at radius 3 is 2.62 bits per heavy atom. The van der Waals surface area contributed by atoms with Gasteiger partial charge in [0, 0.05) is 11.6 Å². The molecule has 4 nitrogen and oxygen atoms in total. The van der Waals surface area contributed by atoms with Crippen LogP contribution in [0.4, 0.5) is 0 Å². The topological polar surface area (TPSA) is 69.6 Å². The van der Waals surface area contributed by atoms with E-state index in [9.17, 15) is 15.0 Å². The molecular weight excluding hydrogens is 230 g/mol. The van der Waals surface area contributed by atoms with E-state index in [2.05, 4.69) is 5.32 Å². The number of nitrogens with one attached hydrogen (secondary N) is 1. The summed E-state index contributed by atoms with van der Waals surface area (Å²) in [6.45, 7) is 3.26. The third kappa shape index (κ3) is 3.72. The van der Waals surface area contributed by atoms with Crippen molar-refractivity contribution in [2.75, 3.05) is 6.54 Å². The highest BCUT2D eigenvalue weighted by molar-refractivity contribution is 6.30. The first-order chi connectivity index (χ1) is 7.29. The Labute approximate surface area is 98.9 Å². The molecular formula is C11H14ClNO3. The van der Waals surface area contributed by atoms with Gasteiger partial charge in [-0.05, 0) is 32.0 Å². The summed E-state index contributed by atoms with van der Waals surface area (Å²) >= 11 is 5.64. The number of amides is 1. The van der Waals surface area contributed by atoms with Crippen molar-refractivity contribution in [1.29, 1.82) is 0 Å². The van der Waals surface area contributed by atoms with Crippen LogP contribution in [-0.2, 0) is 0 Å². The third-order valence-electron chi connectivity index (χ3n) is 1.89. The quantitative estimate of drug-likeness (QED) is 0.754. The molecule has 3 N–H and O–H groups in total. The van der Waals surface area contributed by atoms with Crippen LogP contribution in [0.5, 0.6) is 5.75 Å². The molecule has 0 aliphatic rings. The number of hydrogen-bond acceptors (Lipinski definition) is 3. The summed E-state index contributed by atoms with van der Waals surface area (Å²) in [6.07, 6.45) is 0. The zero-order chi connectivity index (χ0) is 12.3. The standard InChI is InChI=1S/C11H14ClNO3/c1-11(2,16)6-13-10(15)8-4-3-7(12)5-9(8)14/h3-5,14,16H,6H2,1-2H3,(H,13,15). The Morgan fingerprint density at radius 1 is 1.50 bits per heavy atom. The number of aromatic hydroxyl groups is 1. The average Bonchev–Trinajstić information content (AvgIpc) is 2.13. The van der Waals surface area contributed by atoms with E-state index in [1.165, 1.54) is 18.2 Å². The van der Waals surface area contributed by atoms with Crippen molar-refractivity contribution in [3.8, 4) is 5.75 Å². The lowest BCUT2D eigenvalue weighted by Crippen LogP contribution is -2.38. The van der Waals surface area contributed by atoms with Crippen LogP contribution in [-0.4, -0.2) is 28.3 Å². The summed E-state index contributed by atoms with van der Waals surface area (Å²) in [5.74, 6) is -0.628. The second-order valence-electron chi connectivity index (χ2n) is 4.16. The number of aliphatic hydroxyl groups is 1. The van der Waals surface area contributed by atoms with Gasteiger partial charge in [-0.15, -0.1) is 0 Å². The van der Waals surface area contributed by atoms with Gasteiger partial charge in [0.25, 0.3) is 5.91 Å². The monoisotopic (exact) mass is 243 g/mol. The highest BCUT2D eigenvalue weighted by Gasteiger charge is 2.16. The molecule has 0 saturated carbocycles. The number of carbonyl (C=O) groups is 1. The number of phenols is 1. The van der Waals surface area contributed by atoms with Gasteiger partial charge in [0.1, 0.15) is 5.75 Å². The zero-order valence-corrected chi connectivity index (χ0v) is 9.88.